The average molecular weight is 388 g/mol. The van der Waals surface area contributed by atoms with Crippen molar-refractivity contribution >= 4 is 22.4 Å². The van der Waals surface area contributed by atoms with E-state index < -0.39 is 0 Å². The second-order valence-electron chi connectivity index (χ2n) is 6.70. The lowest BCUT2D eigenvalue weighted by atomic mass is 10.0. The molecule has 2 heterocycles. The number of hydrogen-bond donors (Lipinski definition) is 1. The molecule has 0 aliphatic heterocycles. The predicted octanol–water partition coefficient (Wildman–Crippen LogP) is 4.79. The van der Waals surface area contributed by atoms with Gasteiger partial charge in [-0.15, -0.1) is 11.3 Å². The van der Waals surface area contributed by atoms with E-state index in [-0.39, 0.29) is 5.91 Å². The van der Waals surface area contributed by atoms with Crippen molar-refractivity contribution in [2.45, 2.75) is 20.3 Å². The van der Waals surface area contributed by atoms with Gasteiger partial charge in [-0.2, -0.15) is 5.10 Å². The zero-order valence-electron chi connectivity index (χ0n) is 15.7. The first-order chi connectivity index (χ1) is 13.6. The number of carbonyl (C=O) groups is 1. The standard InChI is InChI=1S/C22H20N4OS/c1-15-4-9-19(16(2)12-15)20-14-28-22(24-20)25-21(27)13-17-5-7-18(8-6-17)26-11-3-10-23-26/h3-12,14H,13H2,1-2H3,(H,24,25,27). The van der Waals surface area contributed by atoms with E-state index in [0.717, 1.165) is 22.5 Å². The van der Waals surface area contributed by atoms with E-state index in [1.807, 2.05) is 41.9 Å². The van der Waals surface area contributed by atoms with Gasteiger partial charge in [0, 0.05) is 23.3 Å². The van der Waals surface area contributed by atoms with Crippen molar-refractivity contribution in [3.8, 4) is 16.9 Å². The van der Waals surface area contributed by atoms with Gasteiger partial charge in [-0.1, -0.05) is 35.9 Å². The van der Waals surface area contributed by atoms with Crippen LogP contribution in [0.3, 0.4) is 0 Å². The van der Waals surface area contributed by atoms with E-state index in [9.17, 15) is 4.79 Å². The first kappa shape index (κ1) is 18.1. The van der Waals surface area contributed by atoms with Crippen LogP contribution in [0.2, 0.25) is 0 Å². The highest BCUT2D eigenvalue weighted by molar-refractivity contribution is 7.14. The van der Waals surface area contributed by atoms with Gasteiger partial charge in [0.15, 0.2) is 5.13 Å². The third-order valence-electron chi connectivity index (χ3n) is 4.48. The maximum atomic E-state index is 12.4. The second-order valence-corrected chi connectivity index (χ2v) is 7.56. The molecule has 0 fully saturated rings. The largest absolute Gasteiger partial charge is 0.302 e. The molecule has 0 aliphatic rings. The van der Waals surface area contributed by atoms with Crippen molar-refractivity contribution < 1.29 is 4.79 Å². The summed E-state index contributed by atoms with van der Waals surface area (Å²) >= 11 is 1.44. The van der Waals surface area contributed by atoms with Crippen LogP contribution < -0.4 is 5.32 Å². The maximum Gasteiger partial charge on any atom is 0.230 e. The fourth-order valence-corrected chi connectivity index (χ4v) is 3.82. The molecule has 6 heteroatoms. The molecule has 0 atom stereocenters. The van der Waals surface area contributed by atoms with E-state index >= 15 is 0 Å². The van der Waals surface area contributed by atoms with Crippen molar-refractivity contribution in [2.75, 3.05) is 5.32 Å². The Kier molecular flexibility index (Phi) is 5.04. The summed E-state index contributed by atoms with van der Waals surface area (Å²) < 4.78 is 1.79. The third-order valence-corrected chi connectivity index (χ3v) is 5.24. The summed E-state index contributed by atoms with van der Waals surface area (Å²) in [5.41, 5.74) is 6.30. The monoisotopic (exact) mass is 388 g/mol. The van der Waals surface area contributed by atoms with Crippen molar-refractivity contribution in [3.63, 3.8) is 0 Å². The van der Waals surface area contributed by atoms with Crippen LogP contribution >= 0.6 is 11.3 Å². The van der Waals surface area contributed by atoms with E-state index in [2.05, 4.69) is 47.4 Å². The highest BCUT2D eigenvalue weighted by Crippen LogP contribution is 2.28. The number of rotatable bonds is 5. The van der Waals surface area contributed by atoms with E-state index in [4.69, 9.17) is 0 Å². The van der Waals surface area contributed by atoms with Crippen LogP contribution in [0, 0.1) is 13.8 Å². The summed E-state index contributed by atoms with van der Waals surface area (Å²) in [5.74, 6) is -0.0756. The van der Waals surface area contributed by atoms with Crippen LogP contribution in [0.25, 0.3) is 16.9 Å². The minimum Gasteiger partial charge on any atom is -0.302 e. The van der Waals surface area contributed by atoms with Crippen LogP contribution in [0.5, 0.6) is 0 Å². The van der Waals surface area contributed by atoms with Crippen LogP contribution in [0.4, 0.5) is 5.13 Å². The van der Waals surface area contributed by atoms with Gasteiger partial charge in [0.25, 0.3) is 0 Å². The Bertz CT molecular complexity index is 1100. The van der Waals surface area contributed by atoms with E-state index in [1.165, 1.54) is 22.5 Å². The molecular formula is C22H20N4OS. The molecule has 140 valence electrons. The summed E-state index contributed by atoms with van der Waals surface area (Å²) in [7, 11) is 0. The number of amides is 1. The normalized spacial score (nSPS) is 10.8. The minimum atomic E-state index is -0.0756. The van der Waals surface area contributed by atoms with Crippen molar-refractivity contribution in [1.29, 1.82) is 0 Å². The summed E-state index contributed by atoms with van der Waals surface area (Å²) in [5, 5.41) is 9.70. The fraction of sp³-hybridized carbons (Fsp3) is 0.136. The quantitative estimate of drug-likeness (QED) is 0.534. The van der Waals surface area contributed by atoms with Gasteiger partial charge in [0.2, 0.25) is 5.91 Å². The summed E-state index contributed by atoms with van der Waals surface area (Å²) in [6.45, 7) is 4.15. The highest BCUT2D eigenvalue weighted by Gasteiger charge is 2.10. The van der Waals surface area contributed by atoms with Crippen molar-refractivity contribution in [1.82, 2.24) is 14.8 Å². The smallest absolute Gasteiger partial charge is 0.230 e. The average Bonchev–Trinajstić information content (AvgIpc) is 3.34. The van der Waals surface area contributed by atoms with Gasteiger partial charge in [0.05, 0.1) is 17.8 Å². The molecule has 0 aliphatic carbocycles. The Morgan fingerprint density at radius 1 is 1.14 bits per heavy atom. The summed E-state index contributed by atoms with van der Waals surface area (Å²) in [4.78, 5) is 17.0. The SMILES string of the molecule is Cc1ccc(-c2csc(NC(=O)Cc3ccc(-n4cccn4)cc3)n2)c(C)c1. The minimum absolute atomic E-state index is 0.0756. The number of nitrogens with one attached hydrogen (secondary N) is 1. The van der Waals surface area contributed by atoms with Crippen LogP contribution in [0.1, 0.15) is 16.7 Å². The van der Waals surface area contributed by atoms with E-state index in [1.54, 1.807) is 10.9 Å². The van der Waals surface area contributed by atoms with Crippen LogP contribution in [0.15, 0.2) is 66.3 Å². The topological polar surface area (TPSA) is 59.8 Å². The zero-order chi connectivity index (χ0) is 19.5. The molecular weight excluding hydrogens is 368 g/mol. The number of aromatic nitrogens is 3. The first-order valence-corrected chi connectivity index (χ1v) is 9.88. The molecule has 5 nitrogen and oxygen atoms in total. The highest BCUT2D eigenvalue weighted by atomic mass is 32.1. The molecule has 4 rings (SSSR count). The molecule has 28 heavy (non-hydrogen) atoms. The molecule has 0 saturated carbocycles. The van der Waals surface area contributed by atoms with Crippen LogP contribution in [-0.2, 0) is 11.2 Å². The molecule has 1 amide bonds. The number of benzene rings is 2. The van der Waals surface area contributed by atoms with Crippen molar-refractivity contribution in [2.24, 2.45) is 0 Å². The lowest BCUT2D eigenvalue weighted by Crippen LogP contribution is -2.14. The number of hydrogen-bond acceptors (Lipinski definition) is 4. The van der Waals surface area contributed by atoms with Gasteiger partial charge in [-0.25, -0.2) is 9.67 Å². The molecule has 2 aromatic carbocycles. The van der Waals surface area contributed by atoms with Gasteiger partial charge < -0.3 is 5.32 Å². The molecule has 0 saturated heterocycles. The number of thiazole rings is 1. The Morgan fingerprint density at radius 2 is 1.96 bits per heavy atom. The van der Waals surface area contributed by atoms with E-state index in [0.29, 0.717) is 11.6 Å². The lowest BCUT2D eigenvalue weighted by molar-refractivity contribution is -0.115. The van der Waals surface area contributed by atoms with Crippen molar-refractivity contribution in [3.05, 3.63) is 83.0 Å². The Morgan fingerprint density at radius 3 is 2.68 bits per heavy atom. The van der Waals surface area contributed by atoms with Gasteiger partial charge in [0.1, 0.15) is 0 Å². The fourth-order valence-electron chi connectivity index (χ4n) is 3.09. The van der Waals surface area contributed by atoms with Gasteiger partial charge >= 0.3 is 0 Å². The van der Waals surface area contributed by atoms with Crippen LogP contribution in [-0.4, -0.2) is 20.7 Å². The molecule has 2 aromatic heterocycles. The van der Waals surface area contributed by atoms with Gasteiger partial charge in [-0.3, -0.25) is 4.79 Å². The maximum absolute atomic E-state index is 12.4. The zero-order valence-corrected chi connectivity index (χ0v) is 16.5. The molecule has 0 radical (unpaired) electrons. The van der Waals surface area contributed by atoms with Gasteiger partial charge in [-0.05, 0) is 43.2 Å². The third kappa shape index (κ3) is 4.02. The second kappa shape index (κ2) is 7.78. The molecule has 1 N–H and O–H groups in total. The lowest BCUT2D eigenvalue weighted by Gasteiger charge is -2.05. The Hall–Kier alpha value is -3.25. The number of aryl methyl sites for hydroxylation is 2. The Balaban J connectivity index is 1.41. The summed E-state index contributed by atoms with van der Waals surface area (Å²) in [6, 6.07) is 16.0. The summed E-state index contributed by atoms with van der Waals surface area (Å²) in [6.07, 6.45) is 3.93. The molecule has 4 aromatic rings. The molecule has 0 bridgehead atoms. The molecule has 0 unspecified atom stereocenters. The number of nitrogens with zero attached hydrogens (tertiary/aromatic N) is 3. The number of carbonyl (C=O) groups excluding carboxylic acids is 1. The first-order valence-electron chi connectivity index (χ1n) is 9.00. The number of anilines is 1. The Labute approximate surface area is 167 Å². The predicted molar refractivity (Wildman–Crippen MR) is 113 cm³/mol. The molecule has 0 spiro atoms.